The third-order valence-corrected chi connectivity index (χ3v) is 3.81. The summed E-state index contributed by atoms with van der Waals surface area (Å²) in [6, 6.07) is 14.9. The van der Waals surface area contributed by atoms with Gasteiger partial charge in [-0.1, -0.05) is 30.3 Å². The number of hydrogen-bond donors (Lipinski definition) is 2. The van der Waals surface area contributed by atoms with Crippen LogP contribution in [0.25, 0.3) is 0 Å². The van der Waals surface area contributed by atoms with E-state index in [-0.39, 0.29) is 11.8 Å². The van der Waals surface area contributed by atoms with Gasteiger partial charge in [-0.2, -0.15) is 0 Å². The number of carbonyl (C=O) groups excluding carboxylic acids is 2. The summed E-state index contributed by atoms with van der Waals surface area (Å²) in [4.78, 5) is 25.0. The Morgan fingerprint density at radius 1 is 0.870 bits per heavy atom. The van der Waals surface area contributed by atoms with Crippen molar-refractivity contribution in [2.75, 3.05) is 10.6 Å². The summed E-state index contributed by atoms with van der Waals surface area (Å²) in [7, 11) is 0. The second-order valence-corrected chi connectivity index (χ2v) is 6.22. The van der Waals surface area contributed by atoms with Crippen LogP contribution in [0.5, 0.6) is 0 Å². The van der Waals surface area contributed by atoms with Crippen molar-refractivity contribution in [3.8, 4) is 0 Å². The summed E-state index contributed by atoms with van der Waals surface area (Å²) < 4.78 is 0. The molecule has 0 aromatic heterocycles. The fraction of sp³-hybridized carbons (Fsp3) is 0.263. The van der Waals surface area contributed by atoms with Crippen LogP contribution in [0, 0.1) is 19.3 Å². The van der Waals surface area contributed by atoms with Crippen LogP contribution >= 0.6 is 0 Å². The average Bonchev–Trinajstić information content (AvgIpc) is 2.51. The highest BCUT2D eigenvalue weighted by molar-refractivity contribution is 6.14. The van der Waals surface area contributed by atoms with Crippen LogP contribution in [-0.2, 0) is 9.59 Å². The monoisotopic (exact) mass is 310 g/mol. The van der Waals surface area contributed by atoms with E-state index in [1.165, 1.54) is 0 Å². The molecule has 0 unspecified atom stereocenters. The van der Waals surface area contributed by atoms with E-state index in [1.807, 2.05) is 50.2 Å². The third kappa shape index (κ3) is 3.97. The Morgan fingerprint density at radius 2 is 1.48 bits per heavy atom. The van der Waals surface area contributed by atoms with E-state index in [1.54, 1.807) is 26.0 Å². The SMILES string of the molecule is Cc1ccc(C)c(NC(=O)C(C)(C)C(=O)Nc2ccccc2)c1. The quantitative estimate of drug-likeness (QED) is 0.841. The molecule has 2 N–H and O–H groups in total. The van der Waals surface area contributed by atoms with Crippen molar-refractivity contribution >= 4 is 23.2 Å². The Bertz CT molecular complexity index is 721. The summed E-state index contributed by atoms with van der Waals surface area (Å²) in [6.45, 7) is 7.12. The number of hydrogen-bond acceptors (Lipinski definition) is 2. The average molecular weight is 310 g/mol. The zero-order chi connectivity index (χ0) is 17.0. The van der Waals surface area contributed by atoms with Crippen molar-refractivity contribution in [1.82, 2.24) is 0 Å². The van der Waals surface area contributed by atoms with E-state index >= 15 is 0 Å². The van der Waals surface area contributed by atoms with Crippen LogP contribution in [0.15, 0.2) is 48.5 Å². The number of rotatable bonds is 4. The van der Waals surface area contributed by atoms with Gasteiger partial charge in [0.05, 0.1) is 0 Å². The standard InChI is InChI=1S/C19H22N2O2/c1-13-10-11-14(2)16(12-13)21-18(23)19(3,4)17(22)20-15-8-6-5-7-9-15/h5-12H,1-4H3,(H,20,22)(H,21,23). The summed E-state index contributed by atoms with van der Waals surface area (Å²) in [5, 5.41) is 5.63. The Balaban J connectivity index is 2.13. The summed E-state index contributed by atoms with van der Waals surface area (Å²) >= 11 is 0. The molecule has 0 bridgehead atoms. The van der Waals surface area contributed by atoms with Gasteiger partial charge in [0.15, 0.2) is 0 Å². The normalized spacial score (nSPS) is 11.0. The maximum Gasteiger partial charge on any atom is 0.239 e. The van der Waals surface area contributed by atoms with Crippen molar-refractivity contribution in [3.05, 3.63) is 59.7 Å². The molecule has 2 rings (SSSR count). The largest absolute Gasteiger partial charge is 0.325 e. The lowest BCUT2D eigenvalue weighted by Crippen LogP contribution is -2.41. The molecule has 0 radical (unpaired) electrons. The molecule has 0 fully saturated rings. The molecule has 0 saturated carbocycles. The molecule has 120 valence electrons. The van der Waals surface area contributed by atoms with Crippen LogP contribution in [-0.4, -0.2) is 11.8 Å². The van der Waals surface area contributed by atoms with Crippen molar-refractivity contribution in [2.45, 2.75) is 27.7 Å². The van der Waals surface area contributed by atoms with Crippen LogP contribution in [0.4, 0.5) is 11.4 Å². The molecule has 0 aliphatic heterocycles. The number of para-hydroxylation sites is 1. The Kier molecular flexibility index (Phi) is 4.84. The lowest BCUT2D eigenvalue weighted by atomic mass is 9.90. The Labute approximate surface area is 136 Å². The zero-order valence-electron chi connectivity index (χ0n) is 13.9. The van der Waals surface area contributed by atoms with Gasteiger partial charge in [0, 0.05) is 11.4 Å². The summed E-state index contributed by atoms with van der Waals surface area (Å²) in [6.07, 6.45) is 0. The first-order valence-corrected chi connectivity index (χ1v) is 7.56. The summed E-state index contributed by atoms with van der Waals surface area (Å²) in [5.41, 5.74) is 2.23. The molecule has 0 aliphatic rings. The van der Waals surface area contributed by atoms with Gasteiger partial charge in [-0.05, 0) is 57.0 Å². The molecule has 0 atom stereocenters. The van der Waals surface area contributed by atoms with E-state index < -0.39 is 5.41 Å². The molecular formula is C19H22N2O2. The van der Waals surface area contributed by atoms with Gasteiger partial charge in [-0.3, -0.25) is 9.59 Å². The topological polar surface area (TPSA) is 58.2 Å². The van der Waals surface area contributed by atoms with Crippen molar-refractivity contribution in [2.24, 2.45) is 5.41 Å². The highest BCUT2D eigenvalue weighted by Crippen LogP contribution is 2.23. The first kappa shape index (κ1) is 16.7. The third-order valence-electron chi connectivity index (χ3n) is 3.81. The van der Waals surface area contributed by atoms with Crippen LogP contribution in [0.2, 0.25) is 0 Å². The van der Waals surface area contributed by atoms with Crippen molar-refractivity contribution < 1.29 is 9.59 Å². The molecule has 0 heterocycles. The number of carbonyl (C=O) groups is 2. The van der Waals surface area contributed by atoms with Gasteiger partial charge in [0.25, 0.3) is 0 Å². The highest BCUT2D eigenvalue weighted by Gasteiger charge is 2.36. The lowest BCUT2D eigenvalue weighted by molar-refractivity contribution is -0.135. The van der Waals surface area contributed by atoms with Crippen molar-refractivity contribution in [1.29, 1.82) is 0 Å². The van der Waals surface area contributed by atoms with E-state index in [0.29, 0.717) is 5.69 Å². The highest BCUT2D eigenvalue weighted by atomic mass is 16.2. The zero-order valence-corrected chi connectivity index (χ0v) is 13.9. The van der Waals surface area contributed by atoms with E-state index in [2.05, 4.69) is 10.6 Å². The number of amides is 2. The predicted octanol–water partition coefficient (Wildman–Crippen LogP) is 3.91. The fourth-order valence-electron chi connectivity index (χ4n) is 2.06. The lowest BCUT2D eigenvalue weighted by Gasteiger charge is -2.23. The molecule has 0 spiro atoms. The minimum atomic E-state index is -1.19. The molecule has 4 nitrogen and oxygen atoms in total. The van der Waals surface area contributed by atoms with Crippen LogP contribution in [0.1, 0.15) is 25.0 Å². The number of nitrogens with one attached hydrogen (secondary N) is 2. The molecule has 2 amide bonds. The van der Waals surface area contributed by atoms with Gasteiger partial charge in [-0.25, -0.2) is 0 Å². The predicted molar refractivity (Wildman–Crippen MR) is 93.4 cm³/mol. The van der Waals surface area contributed by atoms with Gasteiger partial charge < -0.3 is 10.6 Å². The molecule has 4 heteroatoms. The number of benzene rings is 2. The van der Waals surface area contributed by atoms with Gasteiger partial charge in [0.2, 0.25) is 11.8 Å². The molecule has 0 saturated heterocycles. The first-order valence-electron chi connectivity index (χ1n) is 7.56. The second-order valence-electron chi connectivity index (χ2n) is 6.22. The molecule has 0 aliphatic carbocycles. The second kappa shape index (κ2) is 6.65. The van der Waals surface area contributed by atoms with Gasteiger partial charge >= 0.3 is 0 Å². The smallest absolute Gasteiger partial charge is 0.239 e. The van der Waals surface area contributed by atoms with Gasteiger partial charge in [0.1, 0.15) is 5.41 Å². The number of aryl methyl sites for hydroxylation is 2. The Morgan fingerprint density at radius 3 is 2.13 bits per heavy atom. The molecule has 2 aromatic carbocycles. The Hall–Kier alpha value is -2.62. The minimum Gasteiger partial charge on any atom is -0.325 e. The first-order chi connectivity index (χ1) is 10.8. The molecule has 2 aromatic rings. The van der Waals surface area contributed by atoms with E-state index in [4.69, 9.17) is 0 Å². The molecular weight excluding hydrogens is 288 g/mol. The van der Waals surface area contributed by atoms with E-state index in [0.717, 1.165) is 16.8 Å². The maximum atomic E-state index is 12.6. The van der Waals surface area contributed by atoms with Crippen LogP contribution in [0.3, 0.4) is 0 Å². The van der Waals surface area contributed by atoms with Gasteiger partial charge in [-0.15, -0.1) is 0 Å². The molecule has 23 heavy (non-hydrogen) atoms. The number of anilines is 2. The summed E-state index contributed by atoms with van der Waals surface area (Å²) in [5.74, 6) is -0.675. The van der Waals surface area contributed by atoms with Crippen molar-refractivity contribution in [3.63, 3.8) is 0 Å². The van der Waals surface area contributed by atoms with E-state index in [9.17, 15) is 9.59 Å². The maximum absolute atomic E-state index is 12.6. The minimum absolute atomic E-state index is 0.334. The fourth-order valence-corrected chi connectivity index (χ4v) is 2.06. The van der Waals surface area contributed by atoms with Crippen LogP contribution < -0.4 is 10.6 Å².